The molecule has 2 aromatic heterocycles. The van der Waals surface area contributed by atoms with Crippen LogP contribution in [-0.2, 0) is 13.5 Å². The molecule has 0 amide bonds. The summed E-state index contributed by atoms with van der Waals surface area (Å²) in [6.45, 7) is 2.27. The minimum absolute atomic E-state index is 0.162. The quantitative estimate of drug-likeness (QED) is 0.806. The average molecular weight is 318 g/mol. The minimum Gasteiger partial charge on any atom is -0.304 e. The van der Waals surface area contributed by atoms with Gasteiger partial charge in [0.2, 0.25) is 0 Å². The van der Waals surface area contributed by atoms with E-state index in [9.17, 15) is 10.1 Å². The fraction of sp³-hybridized carbons (Fsp3) is 0.316. The molecule has 5 heteroatoms. The van der Waals surface area contributed by atoms with Crippen molar-refractivity contribution in [2.24, 2.45) is 12.5 Å². The Morgan fingerprint density at radius 3 is 2.83 bits per heavy atom. The summed E-state index contributed by atoms with van der Waals surface area (Å²) in [5.41, 5.74) is 4.84. The second kappa shape index (κ2) is 5.07. The highest BCUT2D eigenvalue weighted by Gasteiger charge is 2.38. The van der Waals surface area contributed by atoms with Gasteiger partial charge in [-0.1, -0.05) is 25.1 Å². The number of rotatable bonds is 3. The first-order chi connectivity index (χ1) is 11.5. The van der Waals surface area contributed by atoms with Crippen molar-refractivity contribution in [2.45, 2.75) is 26.2 Å². The lowest BCUT2D eigenvalue weighted by Crippen LogP contribution is -2.12. The third kappa shape index (κ3) is 2.31. The van der Waals surface area contributed by atoms with Crippen LogP contribution in [0.2, 0.25) is 0 Å². The van der Waals surface area contributed by atoms with Crippen molar-refractivity contribution in [2.75, 3.05) is 0 Å². The number of nitrogens with zero attached hydrogens (tertiary/aromatic N) is 3. The van der Waals surface area contributed by atoms with E-state index < -0.39 is 0 Å². The van der Waals surface area contributed by atoms with E-state index in [1.54, 1.807) is 13.1 Å². The molecule has 0 atom stereocenters. The summed E-state index contributed by atoms with van der Waals surface area (Å²) in [6, 6.07) is 11.7. The summed E-state index contributed by atoms with van der Waals surface area (Å²) >= 11 is 0. The van der Waals surface area contributed by atoms with E-state index in [1.807, 2.05) is 24.3 Å². The lowest BCUT2D eigenvalue weighted by Gasteiger charge is -2.12. The molecule has 0 aliphatic heterocycles. The van der Waals surface area contributed by atoms with Crippen LogP contribution in [-0.4, -0.2) is 14.5 Å². The molecule has 0 bridgehead atoms. The molecule has 1 aliphatic carbocycles. The lowest BCUT2D eigenvalue weighted by atomic mass is 9.96. The van der Waals surface area contributed by atoms with Crippen LogP contribution in [0.1, 0.15) is 30.9 Å². The third-order valence-electron chi connectivity index (χ3n) is 4.98. The van der Waals surface area contributed by atoms with E-state index in [1.165, 1.54) is 17.4 Å². The molecule has 1 N–H and O–H groups in total. The predicted molar refractivity (Wildman–Crippen MR) is 92.5 cm³/mol. The van der Waals surface area contributed by atoms with Gasteiger partial charge in [0, 0.05) is 12.6 Å². The van der Waals surface area contributed by atoms with Gasteiger partial charge in [-0.15, -0.1) is 0 Å². The number of nitriles is 1. The van der Waals surface area contributed by atoms with Crippen LogP contribution in [0.3, 0.4) is 0 Å². The Balaban J connectivity index is 1.98. The number of aromatic amines is 1. The summed E-state index contributed by atoms with van der Waals surface area (Å²) in [5, 5.41) is 9.38. The first kappa shape index (κ1) is 14.7. The highest BCUT2D eigenvalue weighted by Crippen LogP contribution is 2.48. The Hall–Kier alpha value is -2.87. The van der Waals surface area contributed by atoms with Crippen LogP contribution in [0.4, 0.5) is 0 Å². The van der Waals surface area contributed by atoms with Crippen molar-refractivity contribution >= 4 is 11.2 Å². The molecule has 1 saturated carbocycles. The first-order valence-corrected chi connectivity index (χ1v) is 8.09. The summed E-state index contributed by atoms with van der Waals surface area (Å²) in [5.74, 6) is 0. The third-order valence-corrected chi connectivity index (χ3v) is 4.98. The van der Waals surface area contributed by atoms with Gasteiger partial charge >= 0.3 is 5.69 Å². The Kier molecular flexibility index (Phi) is 3.10. The van der Waals surface area contributed by atoms with Crippen molar-refractivity contribution in [1.82, 2.24) is 14.5 Å². The monoisotopic (exact) mass is 318 g/mol. The SMILES string of the molecule is Cn1c(=O)[nH]c2c(CC3(C)CC3)cc(-c3ccccc3C#N)nc21. The first-order valence-electron chi connectivity index (χ1n) is 8.09. The van der Waals surface area contributed by atoms with Crippen LogP contribution in [0.5, 0.6) is 0 Å². The molecule has 0 saturated heterocycles. The van der Waals surface area contributed by atoms with E-state index >= 15 is 0 Å². The zero-order chi connectivity index (χ0) is 16.9. The molecule has 1 aliphatic rings. The second-order valence-corrected chi connectivity index (χ2v) is 7.00. The maximum Gasteiger partial charge on any atom is 0.327 e. The van der Waals surface area contributed by atoms with Gasteiger partial charge in [0.25, 0.3) is 0 Å². The number of aromatic nitrogens is 3. The van der Waals surface area contributed by atoms with Crippen LogP contribution in [0.15, 0.2) is 35.1 Å². The highest BCUT2D eigenvalue weighted by atomic mass is 16.1. The van der Waals surface area contributed by atoms with Crippen molar-refractivity contribution < 1.29 is 0 Å². The molecule has 24 heavy (non-hydrogen) atoms. The van der Waals surface area contributed by atoms with Gasteiger partial charge in [-0.25, -0.2) is 9.78 Å². The maximum atomic E-state index is 12.1. The number of nitrogens with one attached hydrogen (secondary N) is 1. The fourth-order valence-electron chi connectivity index (χ4n) is 3.18. The fourth-order valence-corrected chi connectivity index (χ4v) is 3.18. The zero-order valence-corrected chi connectivity index (χ0v) is 13.8. The molecule has 1 fully saturated rings. The number of benzene rings is 1. The van der Waals surface area contributed by atoms with E-state index in [2.05, 4.69) is 23.0 Å². The average Bonchev–Trinajstić information content (AvgIpc) is 3.24. The number of aryl methyl sites for hydroxylation is 1. The van der Waals surface area contributed by atoms with Gasteiger partial charge in [-0.05, 0) is 42.4 Å². The van der Waals surface area contributed by atoms with Gasteiger partial charge in [0.15, 0.2) is 5.65 Å². The van der Waals surface area contributed by atoms with Gasteiger partial charge < -0.3 is 4.98 Å². The van der Waals surface area contributed by atoms with Crippen LogP contribution in [0.25, 0.3) is 22.4 Å². The van der Waals surface area contributed by atoms with E-state index in [-0.39, 0.29) is 5.69 Å². The number of H-pyrrole nitrogens is 1. The number of fused-ring (bicyclic) bond motifs is 1. The predicted octanol–water partition coefficient (Wildman–Crippen LogP) is 3.14. The topological polar surface area (TPSA) is 74.5 Å². The number of imidazole rings is 1. The largest absolute Gasteiger partial charge is 0.327 e. The van der Waals surface area contributed by atoms with E-state index in [0.29, 0.717) is 16.6 Å². The summed E-state index contributed by atoms with van der Waals surface area (Å²) in [4.78, 5) is 19.7. The van der Waals surface area contributed by atoms with Gasteiger partial charge in [0.1, 0.15) is 0 Å². The highest BCUT2D eigenvalue weighted by molar-refractivity contribution is 5.81. The van der Waals surface area contributed by atoms with Crippen molar-refractivity contribution in [3.05, 3.63) is 51.9 Å². The van der Waals surface area contributed by atoms with E-state index in [4.69, 9.17) is 0 Å². The Morgan fingerprint density at radius 2 is 2.12 bits per heavy atom. The maximum absolute atomic E-state index is 12.1. The van der Waals surface area contributed by atoms with Crippen LogP contribution < -0.4 is 5.69 Å². The normalized spacial score (nSPS) is 15.4. The zero-order valence-electron chi connectivity index (χ0n) is 13.8. The molecule has 1 aromatic carbocycles. The molecule has 2 heterocycles. The standard InChI is InChI=1S/C19H18N4O/c1-19(7-8-19)10-13-9-15(14-6-4-3-5-12(14)11-20)21-17-16(13)22-18(24)23(17)2/h3-6,9H,7-8,10H2,1-2H3,(H,22,24). The van der Waals surface area contributed by atoms with Gasteiger partial charge in [-0.2, -0.15) is 5.26 Å². The molecular weight excluding hydrogens is 300 g/mol. The van der Waals surface area contributed by atoms with Crippen molar-refractivity contribution in [1.29, 1.82) is 5.26 Å². The molecule has 0 radical (unpaired) electrons. The summed E-state index contributed by atoms with van der Waals surface area (Å²) in [6.07, 6.45) is 3.32. The molecule has 4 rings (SSSR count). The van der Waals surface area contributed by atoms with Gasteiger partial charge in [-0.3, -0.25) is 4.57 Å². The van der Waals surface area contributed by atoms with Crippen LogP contribution in [0, 0.1) is 16.7 Å². The van der Waals surface area contributed by atoms with Crippen LogP contribution >= 0.6 is 0 Å². The molecule has 3 aromatic rings. The molecule has 120 valence electrons. The Bertz CT molecular complexity index is 1050. The van der Waals surface area contributed by atoms with Crippen molar-refractivity contribution in [3.63, 3.8) is 0 Å². The number of pyridine rings is 1. The minimum atomic E-state index is -0.162. The van der Waals surface area contributed by atoms with Gasteiger partial charge in [0.05, 0.1) is 22.8 Å². The summed E-state index contributed by atoms with van der Waals surface area (Å²) in [7, 11) is 1.72. The molecular formula is C19H18N4O. The lowest BCUT2D eigenvalue weighted by molar-refractivity contribution is 0.572. The Labute approximate surface area is 139 Å². The summed E-state index contributed by atoms with van der Waals surface area (Å²) < 4.78 is 1.53. The number of hydrogen-bond donors (Lipinski definition) is 1. The smallest absolute Gasteiger partial charge is 0.304 e. The Morgan fingerprint density at radius 1 is 1.38 bits per heavy atom. The molecule has 0 spiro atoms. The van der Waals surface area contributed by atoms with E-state index in [0.717, 1.165) is 28.8 Å². The molecule has 0 unspecified atom stereocenters. The van der Waals surface area contributed by atoms with Crippen molar-refractivity contribution in [3.8, 4) is 17.3 Å². The molecule has 5 nitrogen and oxygen atoms in total. The second-order valence-electron chi connectivity index (χ2n) is 7.00. The number of hydrogen-bond acceptors (Lipinski definition) is 3.